The molecule has 0 aliphatic rings. The summed E-state index contributed by atoms with van der Waals surface area (Å²) in [4.78, 5) is 27.1. The van der Waals surface area contributed by atoms with Crippen LogP contribution in [0.2, 0.25) is 0 Å². The van der Waals surface area contributed by atoms with Crippen molar-refractivity contribution in [2.45, 2.75) is 20.1 Å². The number of carbonyl (C=O) groups is 2. The second kappa shape index (κ2) is 6.47. The van der Waals surface area contributed by atoms with Crippen molar-refractivity contribution in [2.75, 3.05) is 0 Å². The summed E-state index contributed by atoms with van der Waals surface area (Å²) in [5.41, 5.74) is 1.14. The molecule has 0 spiro atoms. The van der Waals surface area contributed by atoms with Gasteiger partial charge in [-0.15, -0.1) is 0 Å². The van der Waals surface area contributed by atoms with Crippen molar-refractivity contribution >= 4 is 28.2 Å². The Balaban J connectivity index is 2.19. The number of nitrogens with zero attached hydrogens (tertiary/aromatic N) is 2. The van der Waals surface area contributed by atoms with Gasteiger partial charge in [0, 0.05) is 6.54 Å². The minimum atomic E-state index is -0.559. The molecule has 0 atom stereocenters. The molecule has 0 unspecified atom stereocenters. The maximum atomic E-state index is 12.1. The second-order valence-electron chi connectivity index (χ2n) is 4.04. The van der Waals surface area contributed by atoms with Crippen molar-refractivity contribution in [3.63, 3.8) is 0 Å². The van der Waals surface area contributed by atoms with E-state index < -0.39 is 5.97 Å². The van der Waals surface area contributed by atoms with Gasteiger partial charge in [-0.3, -0.25) is 4.79 Å². The molecule has 2 aromatic rings. The molecular formula is C14H13BrN2O3. The molecule has 0 radical (unpaired) electrons. The maximum Gasteiger partial charge on any atom is 0.357 e. The number of benzene rings is 1. The van der Waals surface area contributed by atoms with Crippen LogP contribution < -0.4 is 0 Å². The van der Waals surface area contributed by atoms with Crippen LogP contribution in [-0.2, 0) is 17.9 Å². The van der Waals surface area contributed by atoms with Gasteiger partial charge in [-0.05, 0) is 28.4 Å². The number of imidazole rings is 1. The van der Waals surface area contributed by atoms with Gasteiger partial charge in [-0.1, -0.05) is 30.3 Å². The third kappa shape index (κ3) is 2.96. The highest BCUT2D eigenvalue weighted by molar-refractivity contribution is 9.10. The Kier molecular flexibility index (Phi) is 4.68. The molecule has 0 aliphatic heterocycles. The Morgan fingerprint density at radius 1 is 1.40 bits per heavy atom. The van der Waals surface area contributed by atoms with Crippen LogP contribution in [0.15, 0.2) is 35.1 Å². The van der Waals surface area contributed by atoms with Crippen LogP contribution in [0.3, 0.4) is 0 Å². The van der Waals surface area contributed by atoms with E-state index in [9.17, 15) is 9.59 Å². The lowest BCUT2D eigenvalue weighted by Crippen LogP contribution is -2.14. The first-order valence-corrected chi connectivity index (χ1v) is 6.89. The Bertz CT molecular complexity index is 623. The van der Waals surface area contributed by atoms with Gasteiger partial charge in [-0.25, -0.2) is 9.78 Å². The summed E-state index contributed by atoms with van der Waals surface area (Å²) in [6, 6.07) is 9.35. The van der Waals surface area contributed by atoms with Crippen LogP contribution >= 0.6 is 15.9 Å². The quantitative estimate of drug-likeness (QED) is 0.622. The monoisotopic (exact) mass is 336 g/mol. The predicted molar refractivity (Wildman–Crippen MR) is 76.6 cm³/mol. The van der Waals surface area contributed by atoms with Crippen molar-refractivity contribution < 1.29 is 14.3 Å². The van der Waals surface area contributed by atoms with Crippen molar-refractivity contribution in [3.05, 3.63) is 52.0 Å². The average molecular weight is 337 g/mol. The normalized spacial score (nSPS) is 10.3. The van der Waals surface area contributed by atoms with Crippen molar-refractivity contribution in [2.24, 2.45) is 0 Å². The molecule has 5 nitrogen and oxygen atoms in total. The van der Waals surface area contributed by atoms with Crippen LogP contribution in [0.5, 0.6) is 0 Å². The molecule has 0 bridgehead atoms. The number of ether oxygens (including phenoxy) is 1. The molecule has 0 N–H and O–H groups in total. The first-order chi connectivity index (χ1) is 9.67. The molecule has 0 aliphatic carbocycles. The highest BCUT2D eigenvalue weighted by Crippen LogP contribution is 2.17. The largest absolute Gasteiger partial charge is 0.456 e. The molecule has 2 rings (SSSR count). The average Bonchev–Trinajstić information content (AvgIpc) is 2.81. The molecule has 1 heterocycles. The Morgan fingerprint density at radius 2 is 2.10 bits per heavy atom. The molecule has 1 aromatic heterocycles. The molecule has 0 amide bonds. The number of aromatic nitrogens is 2. The van der Waals surface area contributed by atoms with Crippen molar-refractivity contribution in [1.29, 1.82) is 0 Å². The van der Waals surface area contributed by atoms with E-state index >= 15 is 0 Å². The molecule has 6 heteroatoms. The van der Waals surface area contributed by atoms with E-state index in [0.717, 1.165) is 5.56 Å². The first kappa shape index (κ1) is 14.5. The number of carbonyl (C=O) groups excluding carboxylic acids is 2. The summed E-state index contributed by atoms with van der Waals surface area (Å²) in [5, 5.41) is 0. The summed E-state index contributed by atoms with van der Waals surface area (Å²) in [6.45, 7) is 2.52. The highest BCUT2D eigenvalue weighted by Gasteiger charge is 2.22. The topological polar surface area (TPSA) is 61.2 Å². The van der Waals surface area contributed by atoms with Crippen LogP contribution in [0, 0.1) is 0 Å². The highest BCUT2D eigenvalue weighted by atomic mass is 79.9. The molecule has 20 heavy (non-hydrogen) atoms. The minimum absolute atomic E-state index is 0.0804. The van der Waals surface area contributed by atoms with Gasteiger partial charge in [0.05, 0.1) is 0 Å². The molecular weight excluding hydrogens is 324 g/mol. The van der Waals surface area contributed by atoms with Crippen LogP contribution in [0.4, 0.5) is 0 Å². The van der Waals surface area contributed by atoms with Crippen molar-refractivity contribution in [1.82, 2.24) is 9.55 Å². The van der Waals surface area contributed by atoms with E-state index in [1.54, 1.807) is 4.57 Å². The smallest absolute Gasteiger partial charge is 0.357 e. The fraction of sp³-hybridized carbons (Fsp3) is 0.214. The predicted octanol–water partition coefficient (Wildman–Crippen LogP) is 2.84. The van der Waals surface area contributed by atoms with Gasteiger partial charge in [0.1, 0.15) is 12.3 Å². The number of rotatable bonds is 5. The lowest BCUT2D eigenvalue weighted by Gasteiger charge is -2.08. The summed E-state index contributed by atoms with van der Waals surface area (Å²) in [6.07, 6.45) is 0.552. The van der Waals surface area contributed by atoms with E-state index in [1.165, 1.54) is 0 Å². The number of halogens is 1. The van der Waals surface area contributed by atoms with Crippen LogP contribution in [0.25, 0.3) is 0 Å². The first-order valence-electron chi connectivity index (χ1n) is 6.09. The molecule has 0 fully saturated rings. The zero-order valence-electron chi connectivity index (χ0n) is 10.9. The van der Waals surface area contributed by atoms with E-state index in [0.29, 0.717) is 17.6 Å². The summed E-state index contributed by atoms with van der Waals surface area (Å²) in [5.74, 6) is -0.559. The summed E-state index contributed by atoms with van der Waals surface area (Å²) >= 11 is 3.22. The standard InChI is InChI=1S/C14H13BrN2O3/c1-2-17-12(11(8-18)16-14(17)15)13(19)20-9-10-6-4-3-5-7-10/h3-8H,2,9H2,1H3. The number of aldehydes is 1. The minimum Gasteiger partial charge on any atom is -0.456 e. The van der Waals surface area contributed by atoms with E-state index in [2.05, 4.69) is 20.9 Å². The zero-order valence-corrected chi connectivity index (χ0v) is 12.5. The SMILES string of the molecule is CCn1c(Br)nc(C=O)c1C(=O)OCc1ccccc1. The molecule has 1 aromatic carbocycles. The van der Waals surface area contributed by atoms with Gasteiger partial charge < -0.3 is 9.30 Å². The lowest BCUT2D eigenvalue weighted by molar-refractivity contribution is 0.0457. The van der Waals surface area contributed by atoms with E-state index in [1.807, 2.05) is 37.3 Å². The lowest BCUT2D eigenvalue weighted by atomic mass is 10.2. The summed E-state index contributed by atoms with van der Waals surface area (Å²) in [7, 11) is 0. The van der Waals surface area contributed by atoms with Crippen molar-refractivity contribution in [3.8, 4) is 0 Å². The third-order valence-corrected chi connectivity index (χ3v) is 3.39. The Morgan fingerprint density at radius 3 is 2.70 bits per heavy atom. The number of hydrogen-bond donors (Lipinski definition) is 0. The maximum absolute atomic E-state index is 12.1. The molecule has 0 saturated heterocycles. The van der Waals surface area contributed by atoms with Gasteiger partial charge in [-0.2, -0.15) is 0 Å². The number of esters is 1. The van der Waals surface area contributed by atoms with Gasteiger partial charge in [0.15, 0.2) is 16.7 Å². The third-order valence-electron chi connectivity index (χ3n) is 2.78. The molecule has 104 valence electrons. The van der Waals surface area contributed by atoms with Gasteiger partial charge in [0.25, 0.3) is 0 Å². The van der Waals surface area contributed by atoms with Gasteiger partial charge >= 0.3 is 5.97 Å². The molecule has 0 saturated carbocycles. The van der Waals surface area contributed by atoms with Gasteiger partial charge in [0.2, 0.25) is 0 Å². The second-order valence-corrected chi connectivity index (χ2v) is 4.75. The Hall–Kier alpha value is -1.95. The zero-order chi connectivity index (χ0) is 14.5. The van der Waals surface area contributed by atoms with E-state index in [-0.39, 0.29) is 18.0 Å². The van der Waals surface area contributed by atoms with Crippen LogP contribution in [-0.4, -0.2) is 21.8 Å². The fourth-order valence-corrected chi connectivity index (χ4v) is 2.44. The Labute approximate surface area is 124 Å². The summed E-state index contributed by atoms with van der Waals surface area (Å²) < 4.78 is 7.27. The fourth-order valence-electron chi connectivity index (χ4n) is 1.82. The number of hydrogen-bond acceptors (Lipinski definition) is 4. The van der Waals surface area contributed by atoms with Crippen LogP contribution in [0.1, 0.15) is 33.5 Å². The van der Waals surface area contributed by atoms with E-state index in [4.69, 9.17) is 4.74 Å².